The van der Waals surface area contributed by atoms with Gasteiger partial charge in [0.25, 0.3) is 0 Å². The second-order valence-electron chi connectivity index (χ2n) is 2.59. The summed E-state index contributed by atoms with van der Waals surface area (Å²) < 4.78 is 0. The lowest BCUT2D eigenvalue weighted by Crippen LogP contribution is -1.89. The third-order valence-electron chi connectivity index (χ3n) is 1.52. The molecule has 1 N–H and O–H groups in total. The van der Waals surface area contributed by atoms with E-state index >= 15 is 0 Å². The van der Waals surface area contributed by atoms with Gasteiger partial charge in [0.05, 0.1) is 6.10 Å². The molecule has 10 heavy (non-hydrogen) atoms. The normalized spacial score (nSPS) is 13.1. The fourth-order valence-electron chi connectivity index (χ4n) is 0.930. The zero-order valence-corrected chi connectivity index (χ0v) is 6.33. The SMILES string of the molecule is Cc1cccc([C@H](C)O)c1. The van der Waals surface area contributed by atoms with E-state index in [1.165, 1.54) is 5.56 Å². The molecule has 0 aliphatic carbocycles. The Morgan fingerprint density at radius 2 is 2.10 bits per heavy atom. The number of aliphatic hydroxyl groups excluding tert-OH is 1. The highest BCUT2D eigenvalue weighted by atomic mass is 16.3. The van der Waals surface area contributed by atoms with Crippen LogP contribution in [-0.4, -0.2) is 5.11 Å². The van der Waals surface area contributed by atoms with Crippen molar-refractivity contribution in [3.8, 4) is 0 Å². The summed E-state index contributed by atoms with van der Waals surface area (Å²) in [7, 11) is 0. The summed E-state index contributed by atoms with van der Waals surface area (Å²) in [6.07, 6.45) is -0.347. The predicted molar refractivity (Wildman–Crippen MR) is 41.8 cm³/mol. The van der Waals surface area contributed by atoms with Crippen LogP contribution in [0.3, 0.4) is 0 Å². The van der Waals surface area contributed by atoms with Crippen molar-refractivity contribution in [1.29, 1.82) is 0 Å². The van der Waals surface area contributed by atoms with Gasteiger partial charge < -0.3 is 5.11 Å². The van der Waals surface area contributed by atoms with Crippen LogP contribution in [-0.2, 0) is 0 Å². The lowest BCUT2D eigenvalue weighted by Gasteiger charge is -2.03. The van der Waals surface area contributed by atoms with Crippen molar-refractivity contribution in [2.24, 2.45) is 0 Å². The van der Waals surface area contributed by atoms with Gasteiger partial charge in [-0.3, -0.25) is 0 Å². The topological polar surface area (TPSA) is 20.2 Å². The minimum atomic E-state index is -0.347. The van der Waals surface area contributed by atoms with E-state index in [2.05, 4.69) is 0 Å². The van der Waals surface area contributed by atoms with Crippen LogP contribution in [0.25, 0.3) is 0 Å². The Morgan fingerprint density at radius 3 is 2.50 bits per heavy atom. The lowest BCUT2D eigenvalue weighted by molar-refractivity contribution is 0.199. The first-order chi connectivity index (χ1) is 4.70. The monoisotopic (exact) mass is 136 g/mol. The molecule has 0 amide bonds. The minimum absolute atomic E-state index is 0.347. The smallest absolute Gasteiger partial charge is 0.0762 e. The molecule has 1 rings (SSSR count). The van der Waals surface area contributed by atoms with E-state index in [1.807, 2.05) is 31.2 Å². The largest absolute Gasteiger partial charge is 0.389 e. The number of aryl methyl sites for hydroxylation is 1. The summed E-state index contributed by atoms with van der Waals surface area (Å²) in [5, 5.41) is 9.15. The number of aliphatic hydroxyl groups is 1. The summed E-state index contributed by atoms with van der Waals surface area (Å²) >= 11 is 0. The molecule has 1 heteroatoms. The van der Waals surface area contributed by atoms with Crippen LogP contribution in [0.2, 0.25) is 0 Å². The van der Waals surface area contributed by atoms with Gasteiger partial charge in [-0.2, -0.15) is 0 Å². The van der Waals surface area contributed by atoms with Crippen LogP contribution < -0.4 is 0 Å². The number of benzene rings is 1. The van der Waals surface area contributed by atoms with Crippen molar-refractivity contribution >= 4 is 0 Å². The lowest BCUT2D eigenvalue weighted by atomic mass is 10.1. The van der Waals surface area contributed by atoms with Gasteiger partial charge in [0.1, 0.15) is 0 Å². The average molecular weight is 136 g/mol. The second kappa shape index (κ2) is 2.84. The maximum absolute atomic E-state index is 9.15. The van der Waals surface area contributed by atoms with Crippen LogP contribution >= 0.6 is 0 Å². The highest BCUT2D eigenvalue weighted by Crippen LogP contribution is 2.12. The van der Waals surface area contributed by atoms with E-state index in [4.69, 9.17) is 5.11 Å². The molecule has 1 aromatic carbocycles. The molecule has 0 radical (unpaired) electrons. The van der Waals surface area contributed by atoms with Crippen LogP contribution in [0.15, 0.2) is 24.3 Å². The molecule has 1 aromatic rings. The fraction of sp³-hybridized carbons (Fsp3) is 0.333. The van der Waals surface area contributed by atoms with Gasteiger partial charge >= 0.3 is 0 Å². The van der Waals surface area contributed by atoms with Crippen LogP contribution in [0, 0.1) is 6.92 Å². The first-order valence-electron chi connectivity index (χ1n) is 3.45. The molecule has 0 saturated heterocycles. The Hall–Kier alpha value is -0.820. The highest BCUT2D eigenvalue weighted by Gasteiger charge is 1.97. The molecule has 0 heterocycles. The number of hydrogen-bond acceptors (Lipinski definition) is 1. The maximum Gasteiger partial charge on any atom is 0.0762 e. The first-order valence-corrected chi connectivity index (χ1v) is 3.45. The van der Waals surface area contributed by atoms with Gasteiger partial charge in [-0.05, 0) is 19.4 Å². The molecule has 54 valence electrons. The fourth-order valence-corrected chi connectivity index (χ4v) is 0.930. The Morgan fingerprint density at radius 1 is 1.40 bits per heavy atom. The standard InChI is InChI=1S/C9H12O/c1-7-4-3-5-9(6-7)8(2)10/h3-6,8,10H,1-2H3/t8-/m0/s1. The number of rotatable bonds is 1. The third-order valence-corrected chi connectivity index (χ3v) is 1.52. The maximum atomic E-state index is 9.15. The predicted octanol–water partition coefficient (Wildman–Crippen LogP) is 2.05. The molecule has 1 nitrogen and oxygen atoms in total. The molecule has 0 aliphatic heterocycles. The first kappa shape index (κ1) is 7.29. The molecule has 0 unspecified atom stereocenters. The Balaban J connectivity index is 2.96. The summed E-state index contributed by atoms with van der Waals surface area (Å²) in [5.74, 6) is 0. The molecule has 0 saturated carbocycles. The minimum Gasteiger partial charge on any atom is -0.389 e. The van der Waals surface area contributed by atoms with E-state index in [1.54, 1.807) is 6.92 Å². The quantitative estimate of drug-likeness (QED) is 0.626. The van der Waals surface area contributed by atoms with E-state index < -0.39 is 0 Å². The van der Waals surface area contributed by atoms with Crippen LogP contribution in [0.4, 0.5) is 0 Å². The third kappa shape index (κ3) is 1.58. The van der Waals surface area contributed by atoms with Crippen molar-refractivity contribution in [2.45, 2.75) is 20.0 Å². The Labute approximate surface area is 61.3 Å². The molecule has 0 spiro atoms. The summed E-state index contributed by atoms with van der Waals surface area (Å²) in [5.41, 5.74) is 2.18. The van der Waals surface area contributed by atoms with Crippen LogP contribution in [0.5, 0.6) is 0 Å². The van der Waals surface area contributed by atoms with E-state index in [9.17, 15) is 0 Å². The summed E-state index contributed by atoms with van der Waals surface area (Å²) in [4.78, 5) is 0. The summed E-state index contributed by atoms with van der Waals surface area (Å²) in [6.45, 7) is 3.79. The molecular weight excluding hydrogens is 124 g/mol. The molecule has 0 bridgehead atoms. The zero-order chi connectivity index (χ0) is 7.56. The molecule has 0 aliphatic rings. The van der Waals surface area contributed by atoms with Crippen LogP contribution in [0.1, 0.15) is 24.2 Å². The van der Waals surface area contributed by atoms with Gasteiger partial charge in [-0.25, -0.2) is 0 Å². The van der Waals surface area contributed by atoms with E-state index in [-0.39, 0.29) is 6.10 Å². The molecule has 0 aromatic heterocycles. The Kier molecular flexibility index (Phi) is 2.07. The van der Waals surface area contributed by atoms with Gasteiger partial charge in [-0.15, -0.1) is 0 Å². The second-order valence-corrected chi connectivity index (χ2v) is 2.59. The van der Waals surface area contributed by atoms with E-state index in [0.29, 0.717) is 0 Å². The van der Waals surface area contributed by atoms with Gasteiger partial charge in [0, 0.05) is 0 Å². The van der Waals surface area contributed by atoms with Crippen molar-refractivity contribution in [1.82, 2.24) is 0 Å². The van der Waals surface area contributed by atoms with Gasteiger partial charge in [0.15, 0.2) is 0 Å². The molecular formula is C9H12O. The summed E-state index contributed by atoms with van der Waals surface area (Å²) in [6, 6.07) is 7.89. The van der Waals surface area contributed by atoms with Crippen molar-refractivity contribution < 1.29 is 5.11 Å². The average Bonchev–Trinajstić information content (AvgIpc) is 1.88. The van der Waals surface area contributed by atoms with Gasteiger partial charge in [-0.1, -0.05) is 29.8 Å². The molecule has 1 atom stereocenters. The van der Waals surface area contributed by atoms with Gasteiger partial charge in [0.2, 0.25) is 0 Å². The molecule has 0 fully saturated rings. The Bertz CT molecular complexity index is 216. The van der Waals surface area contributed by atoms with Crippen molar-refractivity contribution in [2.75, 3.05) is 0 Å². The van der Waals surface area contributed by atoms with Crippen molar-refractivity contribution in [3.63, 3.8) is 0 Å². The van der Waals surface area contributed by atoms with E-state index in [0.717, 1.165) is 5.56 Å². The highest BCUT2D eigenvalue weighted by molar-refractivity contribution is 5.23. The number of hydrogen-bond donors (Lipinski definition) is 1. The zero-order valence-electron chi connectivity index (χ0n) is 6.33. The van der Waals surface area contributed by atoms with Crippen molar-refractivity contribution in [3.05, 3.63) is 35.4 Å².